The van der Waals surface area contributed by atoms with E-state index >= 15 is 0 Å². The maximum atomic E-state index is 12.0. The highest BCUT2D eigenvalue weighted by Crippen LogP contribution is 2.23. The second-order valence-corrected chi connectivity index (χ2v) is 5.29. The van der Waals surface area contributed by atoms with Crippen LogP contribution in [0, 0.1) is 13.8 Å². The van der Waals surface area contributed by atoms with E-state index in [1.165, 1.54) is 12.5 Å². The molecule has 21 heavy (non-hydrogen) atoms. The fourth-order valence-corrected chi connectivity index (χ4v) is 2.39. The van der Waals surface area contributed by atoms with E-state index in [4.69, 9.17) is 0 Å². The number of aryl methyl sites for hydroxylation is 2. The van der Waals surface area contributed by atoms with Crippen LogP contribution in [0.4, 0.5) is 0 Å². The van der Waals surface area contributed by atoms with Crippen LogP contribution in [0.2, 0.25) is 0 Å². The van der Waals surface area contributed by atoms with Crippen LogP contribution < -0.4 is 10.6 Å². The SMILES string of the molecule is CC(=O)NCCNC(=O)Cc1c(C)[nH]c2ccc(C)cc12. The van der Waals surface area contributed by atoms with E-state index in [2.05, 4.69) is 27.8 Å². The Labute approximate surface area is 124 Å². The largest absolute Gasteiger partial charge is 0.358 e. The van der Waals surface area contributed by atoms with Gasteiger partial charge in [0.2, 0.25) is 11.8 Å². The summed E-state index contributed by atoms with van der Waals surface area (Å²) in [5.74, 6) is -0.127. The van der Waals surface area contributed by atoms with Gasteiger partial charge < -0.3 is 15.6 Å². The van der Waals surface area contributed by atoms with Gasteiger partial charge in [0, 0.05) is 36.6 Å². The minimum absolute atomic E-state index is 0.0362. The predicted molar refractivity (Wildman–Crippen MR) is 83.2 cm³/mol. The predicted octanol–water partition coefficient (Wildman–Crippen LogP) is 1.58. The highest BCUT2D eigenvalue weighted by molar-refractivity contribution is 5.90. The summed E-state index contributed by atoms with van der Waals surface area (Å²) in [6.07, 6.45) is 0.343. The van der Waals surface area contributed by atoms with Crippen LogP contribution in [0.25, 0.3) is 10.9 Å². The molecule has 5 nitrogen and oxygen atoms in total. The summed E-state index contributed by atoms with van der Waals surface area (Å²) in [6.45, 7) is 6.37. The number of nitrogens with one attached hydrogen (secondary N) is 3. The number of rotatable bonds is 5. The van der Waals surface area contributed by atoms with Crippen LogP contribution in [0.15, 0.2) is 18.2 Å². The molecule has 0 saturated carbocycles. The molecule has 0 aliphatic rings. The molecule has 0 bridgehead atoms. The Morgan fingerprint density at radius 3 is 2.57 bits per heavy atom. The van der Waals surface area contributed by atoms with Crippen molar-refractivity contribution in [3.63, 3.8) is 0 Å². The number of hydrogen-bond donors (Lipinski definition) is 3. The molecule has 112 valence electrons. The summed E-state index contributed by atoms with van der Waals surface area (Å²) in [4.78, 5) is 26.0. The second-order valence-electron chi connectivity index (χ2n) is 5.29. The molecule has 1 aromatic carbocycles. The topological polar surface area (TPSA) is 74.0 Å². The zero-order valence-electron chi connectivity index (χ0n) is 12.7. The molecule has 0 saturated heterocycles. The quantitative estimate of drug-likeness (QED) is 0.730. The van der Waals surface area contributed by atoms with Crippen molar-refractivity contribution in [2.75, 3.05) is 13.1 Å². The maximum Gasteiger partial charge on any atom is 0.224 e. The van der Waals surface area contributed by atoms with Gasteiger partial charge in [0.05, 0.1) is 6.42 Å². The molecule has 1 heterocycles. The summed E-state index contributed by atoms with van der Waals surface area (Å²) in [5.41, 5.74) is 4.28. The molecule has 3 N–H and O–H groups in total. The average Bonchev–Trinajstić information content (AvgIpc) is 2.71. The van der Waals surface area contributed by atoms with Gasteiger partial charge in [-0.05, 0) is 31.5 Å². The van der Waals surface area contributed by atoms with E-state index in [0.717, 1.165) is 22.2 Å². The number of aromatic nitrogens is 1. The first-order valence-electron chi connectivity index (χ1n) is 7.06. The van der Waals surface area contributed by atoms with E-state index in [0.29, 0.717) is 19.5 Å². The zero-order valence-corrected chi connectivity index (χ0v) is 12.7. The third kappa shape index (κ3) is 3.84. The van der Waals surface area contributed by atoms with Crippen LogP contribution in [0.5, 0.6) is 0 Å². The van der Waals surface area contributed by atoms with Gasteiger partial charge in [0.25, 0.3) is 0 Å². The molecule has 0 radical (unpaired) electrons. The highest BCUT2D eigenvalue weighted by atomic mass is 16.2. The minimum Gasteiger partial charge on any atom is -0.358 e. The molecule has 0 aliphatic carbocycles. The second kappa shape index (κ2) is 6.43. The van der Waals surface area contributed by atoms with Gasteiger partial charge in [-0.1, -0.05) is 11.6 Å². The van der Waals surface area contributed by atoms with Crippen molar-refractivity contribution < 1.29 is 9.59 Å². The van der Waals surface area contributed by atoms with Crippen LogP contribution in [0.3, 0.4) is 0 Å². The Hall–Kier alpha value is -2.30. The smallest absolute Gasteiger partial charge is 0.224 e. The molecule has 2 rings (SSSR count). The first-order chi connectivity index (χ1) is 9.97. The van der Waals surface area contributed by atoms with Gasteiger partial charge in [0.1, 0.15) is 0 Å². The van der Waals surface area contributed by atoms with Crippen LogP contribution in [-0.2, 0) is 16.0 Å². The summed E-state index contributed by atoms with van der Waals surface area (Å²) in [5, 5.41) is 6.57. The number of carbonyl (C=O) groups is 2. The third-order valence-electron chi connectivity index (χ3n) is 3.43. The standard InChI is InChI=1S/C16H21N3O2/c1-10-4-5-15-14(8-10)13(11(2)19-15)9-16(21)18-7-6-17-12(3)20/h4-5,8,19H,6-7,9H2,1-3H3,(H,17,20)(H,18,21). The van der Waals surface area contributed by atoms with Crippen molar-refractivity contribution in [2.24, 2.45) is 0 Å². The lowest BCUT2D eigenvalue weighted by Gasteiger charge is -2.06. The van der Waals surface area contributed by atoms with Crippen LogP contribution in [0.1, 0.15) is 23.7 Å². The Bertz CT molecular complexity index is 673. The van der Waals surface area contributed by atoms with Crippen LogP contribution in [-0.4, -0.2) is 29.9 Å². The molecule has 1 aromatic heterocycles. The first kappa shape index (κ1) is 15.1. The Morgan fingerprint density at radius 1 is 1.14 bits per heavy atom. The fourth-order valence-electron chi connectivity index (χ4n) is 2.39. The summed E-state index contributed by atoms with van der Waals surface area (Å²) < 4.78 is 0. The van der Waals surface area contributed by atoms with Crippen molar-refractivity contribution >= 4 is 22.7 Å². The lowest BCUT2D eigenvalue weighted by Crippen LogP contribution is -2.34. The summed E-state index contributed by atoms with van der Waals surface area (Å²) >= 11 is 0. The molecular formula is C16H21N3O2. The number of aromatic amines is 1. The molecule has 0 atom stereocenters. The summed E-state index contributed by atoms with van der Waals surface area (Å²) in [7, 11) is 0. The summed E-state index contributed by atoms with van der Waals surface area (Å²) in [6, 6.07) is 6.18. The fraction of sp³-hybridized carbons (Fsp3) is 0.375. The number of benzene rings is 1. The lowest BCUT2D eigenvalue weighted by atomic mass is 10.1. The van der Waals surface area contributed by atoms with E-state index in [-0.39, 0.29) is 11.8 Å². The Balaban J connectivity index is 2.02. The van der Waals surface area contributed by atoms with E-state index in [9.17, 15) is 9.59 Å². The van der Waals surface area contributed by atoms with Gasteiger partial charge in [0.15, 0.2) is 0 Å². The van der Waals surface area contributed by atoms with E-state index in [1.807, 2.05) is 19.9 Å². The number of hydrogen-bond acceptors (Lipinski definition) is 2. The minimum atomic E-state index is -0.0906. The van der Waals surface area contributed by atoms with Gasteiger partial charge in [-0.25, -0.2) is 0 Å². The average molecular weight is 287 g/mol. The van der Waals surface area contributed by atoms with Crippen molar-refractivity contribution in [2.45, 2.75) is 27.2 Å². The molecule has 0 spiro atoms. The third-order valence-corrected chi connectivity index (χ3v) is 3.43. The van der Waals surface area contributed by atoms with Crippen LogP contribution >= 0.6 is 0 Å². The molecule has 0 unspecified atom stereocenters. The maximum absolute atomic E-state index is 12.0. The Kier molecular flexibility index (Phi) is 4.62. The number of H-pyrrole nitrogens is 1. The monoisotopic (exact) mass is 287 g/mol. The molecular weight excluding hydrogens is 266 g/mol. The van der Waals surface area contributed by atoms with Crippen molar-refractivity contribution in [1.29, 1.82) is 0 Å². The van der Waals surface area contributed by atoms with E-state index in [1.54, 1.807) is 0 Å². The molecule has 5 heteroatoms. The van der Waals surface area contributed by atoms with Crippen molar-refractivity contribution in [3.8, 4) is 0 Å². The van der Waals surface area contributed by atoms with Gasteiger partial charge >= 0.3 is 0 Å². The molecule has 2 aromatic rings. The molecule has 0 fully saturated rings. The highest BCUT2D eigenvalue weighted by Gasteiger charge is 2.12. The first-order valence-corrected chi connectivity index (χ1v) is 7.06. The number of fused-ring (bicyclic) bond motifs is 1. The van der Waals surface area contributed by atoms with Crippen molar-refractivity contribution in [3.05, 3.63) is 35.0 Å². The van der Waals surface area contributed by atoms with Gasteiger partial charge in [-0.2, -0.15) is 0 Å². The van der Waals surface area contributed by atoms with E-state index < -0.39 is 0 Å². The molecule has 2 amide bonds. The van der Waals surface area contributed by atoms with Gasteiger partial charge in [-0.15, -0.1) is 0 Å². The number of amides is 2. The normalized spacial score (nSPS) is 10.6. The van der Waals surface area contributed by atoms with Crippen molar-refractivity contribution in [1.82, 2.24) is 15.6 Å². The van der Waals surface area contributed by atoms with Gasteiger partial charge in [-0.3, -0.25) is 9.59 Å². The number of carbonyl (C=O) groups excluding carboxylic acids is 2. The zero-order chi connectivity index (χ0) is 15.4. The molecule has 0 aliphatic heterocycles. The Morgan fingerprint density at radius 2 is 1.86 bits per heavy atom. The lowest BCUT2D eigenvalue weighted by molar-refractivity contribution is -0.121.